The maximum Gasteiger partial charge on any atom is 0.426 e. The van der Waals surface area contributed by atoms with E-state index in [2.05, 4.69) is 21.3 Å². The molecule has 1 saturated carbocycles. The summed E-state index contributed by atoms with van der Waals surface area (Å²) >= 11 is 0. The maximum atomic E-state index is 14.0. The second-order valence-corrected chi connectivity index (χ2v) is 9.53. The van der Waals surface area contributed by atoms with Gasteiger partial charge in [0.15, 0.2) is 5.69 Å². The van der Waals surface area contributed by atoms with Gasteiger partial charge in [-0.1, -0.05) is 6.42 Å². The Morgan fingerprint density at radius 1 is 1.08 bits per heavy atom. The van der Waals surface area contributed by atoms with Crippen molar-refractivity contribution < 1.29 is 40.7 Å². The summed E-state index contributed by atoms with van der Waals surface area (Å²) < 4.78 is 88.5. The number of fused-ring (bicyclic) bond motifs is 5. The van der Waals surface area contributed by atoms with E-state index >= 15 is 0 Å². The van der Waals surface area contributed by atoms with E-state index in [1.807, 2.05) is 0 Å². The molecule has 1 amide bonds. The number of hydrogen-bond acceptors (Lipinski definition) is 8. The van der Waals surface area contributed by atoms with Gasteiger partial charge in [0, 0.05) is 18.5 Å². The molecule has 4 bridgehead atoms. The van der Waals surface area contributed by atoms with E-state index in [1.165, 1.54) is 4.90 Å². The maximum absolute atomic E-state index is 14.0. The molecule has 0 aromatic carbocycles. The van der Waals surface area contributed by atoms with Crippen LogP contribution in [-0.2, 0) is 11.8 Å². The van der Waals surface area contributed by atoms with Crippen LogP contribution >= 0.6 is 0 Å². The van der Waals surface area contributed by atoms with Crippen LogP contribution in [0.1, 0.15) is 73.3 Å². The van der Waals surface area contributed by atoms with E-state index < -0.39 is 70.7 Å². The van der Waals surface area contributed by atoms with Crippen LogP contribution in [0.3, 0.4) is 0 Å². The third-order valence-electron chi connectivity index (χ3n) is 7.03. The molecule has 3 N–H and O–H groups in total. The number of halogens is 6. The largest absolute Gasteiger partial charge is 0.426 e. The Labute approximate surface area is 212 Å². The Morgan fingerprint density at radius 2 is 1.76 bits per heavy atom. The number of amides is 1. The number of carbonyl (C=O) groups is 1. The summed E-state index contributed by atoms with van der Waals surface area (Å²) in [6.07, 6.45) is -9.31. The minimum Gasteiger partial charge on any atom is -0.416 e. The molecule has 38 heavy (non-hydrogen) atoms. The molecule has 0 radical (unpaired) electrons. The van der Waals surface area contributed by atoms with Crippen LogP contribution in [0.2, 0.25) is 0 Å². The number of rotatable bonds is 1. The fourth-order valence-electron chi connectivity index (χ4n) is 4.88. The molecular formula is C23H24F6N6O3. The molecule has 0 spiro atoms. The molecule has 3 heterocycles. The monoisotopic (exact) mass is 546 g/mol. The lowest BCUT2D eigenvalue weighted by atomic mass is 9.86. The van der Waals surface area contributed by atoms with Crippen LogP contribution in [0, 0.1) is 17.2 Å². The van der Waals surface area contributed by atoms with E-state index in [-0.39, 0.29) is 31.7 Å². The van der Waals surface area contributed by atoms with E-state index in [0.29, 0.717) is 31.7 Å². The van der Waals surface area contributed by atoms with Gasteiger partial charge in [-0.05, 0) is 51.0 Å². The van der Waals surface area contributed by atoms with Gasteiger partial charge in [0.25, 0.3) is 17.7 Å². The summed E-state index contributed by atoms with van der Waals surface area (Å²) in [4.78, 5) is 18.6. The molecule has 2 aromatic heterocycles. The van der Waals surface area contributed by atoms with Gasteiger partial charge in [-0.25, -0.2) is 4.98 Å². The van der Waals surface area contributed by atoms with Gasteiger partial charge in [0.05, 0.1) is 17.3 Å². The number of nitrogen functional groups attached to an aromatic ring is 1. The van der Waals surface area contributed by atoms with E-state index in [4.69, 9.17) is 10.2 Å². The normalized spacial score (nSPS) is 25.5. The van der Waals surface area contributed by atoms with Crippen molar-refractivity contribution in [3.63, 3.8) is 0 Å². The summed E-state index contributed by atoms with van der Waals surface area (Å²) in [7, 11) is 0. The Kier molecular flexibility index (Phi) is 7.30. The predicted octanol–water partition coefficient (Wildman–Crippen LogP) is 4.58. The number of nitriles is 1. The minimum absolute atomic E-state index is 0.0533. The lowest BCUT2D eigenvalue weighted by Crippen LogP contribution is -2.44. The van der Waals surface area contributed by atoms with Crippen LogP contribution in [-0.4, -0.2) is 49.9 Å². The second kappa shape index (κ2) is 10.0. The van der Waals surface area contributed by atoms with Crippen molar-refractivity contribution in [2.45, 2.75) is 75.4 Å². The molecule has 1 atom stereocenters. The van der Waals surface area contributed by atoms with Gasteiger partial charge < -0.3 is 20.2 Å². The zero-order chi connectivity index (χ0) is 27.9. The highest BCUT2D eigenvalue weighted by Crippen LogP contribution is 2.44. The first-order chi connectivity index (χ1) is 17.8. The van der Waals surface area contributed by atoms with E-state index in [1.54, 1.807) is 0 Å². The number of carbonyl (C=O) groups excluding carboxylic acids is 1. The van der Waals surface area contributed by atoms with E-state index in [9.17, 15) is 41.5 Å². The van der Waals surface area contributed by atoms with Crippen molar-refractivity contribution >= 4 is 11.6 Å². The highest BCUT2D eigenvalue weighted by Gasteiger charge is 2.58. The fraction of sp³-hybridized carbons (Fsp3) is 0.609. The smallest absolute Gasteiger partial charge is 0.416 e. The number of pyridine rings is 1. The Balaban J connectivity index is 1.85. The van der Waals surface area contributed by atoms with Gasteiger partial charge >= 0.3 is 12.4 Å². The standard InChI is InChI=1S/C23H24F6N6O3/c24-22(25,26)14-10-15(31)17-18-33-34-20(38-18)21(37,23(27,28)29)8-2-1-3-9-35(19(36)16(14)32-17)13-6-4-12(11-30)5-7-13/h10,12-13,37H,1-9,31H2/t12-,13-,21-/m1/s1. The number of aliphatic hydroxyl groups is 1. The first-order valence-corrected chi connectivity index (χ1v) is 12.0. The van der Waals surface area contributed by atoms with E-state index in [0.717, 1.165) is 0 Å². The lowest BCUT2D eigenvalue weighted by molar-refractivity contribution is -0.277. The Hall–Kier alpha value is -3.41. The van der Waals surface area contributed by atoms with Crippen molar-refractivity contribution in [1.29, 1.82) is 5.26 Å². The zero-order valence-corrected chi connectivity index (χ0v) is 19.9. The second-order valence-electron chi connectivity index (χ2n) is 9.53. The summed E-state index contributed by atoms with van der Waals surface area (Å²) in [5, 5.41) is 26.4. The number of nitrogens with zero attached hydrogens (tertiary/aromatic N) is 5. The molecule has 2 aromatic rings. The average molecular weight is 546 g/mol. The molecule has 0 saturated heterocycles. The molecular weight excluding hydrogens is 522 g/mol. The van der Waals surface area contributed by atoms with Gasteiger partial charge in [0.2, 0.25) is 5.60 Å². The Morgan fingerprint density at radius 3 is 2.37 bits per heavy atom. The van der Waals surface area contributed by atoms with Crippen molar-refractivity contribution in [2.75, 3.05) is 12.3 Å². The topological polar surface area (TPSA) is 142 Å². The molecule has 2 aliphatic rings. The molecule has 206 valence electrons. The molecule has 0 unspecified atom stereocenters. The first kappa shape index (κ1) is 27.6. The van der Waals surface area contributed by atoms with Gasteiger partial charge in [-0.15, -0.1) is 10.2 Å². The number of hydrogen-bond donors (Lipinski definition) is 2. The summed E-state index contributed by atoms with van der Waals surface area (Å²) in [6.45, 7) is -0.0533. The van der Waals surface area contributed by atoms with Crippen LogP contribution in [0.15, 0.2) is 10.5 Å². The van der Waals surface area contributed by atoms with Crippen LogP contribution in [0.5, 0.6) is 0 Å². The van der Waals surface area contributed by atoms with Crippen LogP contribution < -0.4 is 5.73 Å². The average Bonchev–Trinajstić information content (AvgIpc) is 3.34. The Bertz CT molecular complexity index is 1230. The predicted molar refractivity (Wildman–Crippen MR) is 118 cm³/mol. The number of aromatic nitrogens is 3. The van der Waals surface area contributed by atoms with Gasteiger partial charge in [0.1, 0.15) is 5.69 Å². The highest BCUT2D eigenvalue weighted by atomic mass is 19.4. The summed E-state index contributed by atoms with van der Waals surface area (Å²) in [6, 6.07) is 2.11. The fourth-order valence-corrected chi connectivity index (χ4v) is 4.88. The van der Waals surface area contributed by atoms with Crippen LogP contribution in [0.25, 0.3) is 11.6 Å². The molecule has 1 aliphatic carbocycles. The molecule has 9 nitrogen and oxygen atoms in total. The third kappa shape index (κ3) is 5.13. The van der Waals surface area contributed by atoms with Crippen molar-refractivity contribution in [2.24, 2.45) is 5.92 Å². The quantitative estimate of drug-likeness (QED) is 0.495. The van der Waals surface area contributed by atoms with Crippen molar-refractivity contribution in [3.05, 3.63) is 23.2 Å². The SMILES string of the molecule is N#C[C@H]1CC[C@H](N2CCCCC[C@](O)(C(F)(F)F)c3nnc(o3)-c3nc(c(C(F)(F)F)cc3N)C2=O)CC1. The minimum atomic E-state index is -5.19. The molecule has 4 rings (SSSR count). The summed E-state index contributed by atoms with van der Waals surface area (Å²) in [5.74, 6) is -3.25. The van der Waals surface area contributed by atoms with Crippen molar-refractivity contribution in [1.82, 2.24) is 20.1 Å². The van der Waals surface area contributed by atoms with Crippen molar-refractivity contribution in [3.8, 4) is 17.7 Å². The number of anilines is 1. The first-order valence-electron chi connectivity index (χ1n) is 12.0. The lowest BCUT2D eigenvalue weighted by Gasteiger charge is -2.36. The molecule has 15 heteroatoms. The third-order valence-corrected chi connectivity index (χ3v) is 7.03. The molecule has 1 aliphatic heterocycles. The summed E-state index contributed by atoms with van der Waals surface area (Å²) in [5.41, 5.74) is -1.46. The van der Waals surface area contributed by atoms with Gasteiger partial charge in [-0.2, -0.15) is 31.6 Å². The highest BCUT2D eigenvalue weighted by molar-refractivity contribution is 5.95. The zero-order valence-electron chi connectivity index (χ0n) is 19.9. The van der Waals surface area contributed by atoms with Crippen LogP contribution in [0.4, 0.5) is 32.0 Å². The molecule has 1 fully saturated rings. The number of alkyl halides is 6. The number of nitrogens with two attached hydrogens (primary N) is 1. The van der Waals surface area contributed by atoms with Gasteiger partial charge in [-0.3, -0.25) is 4.79 Å².